The number of hydrogen-bond donors (Lipinski definition) is 2. The van der Waals surface area contributed by atoms with E-state index in [1.165, 1.54) is 32.1 Å². The second-order valence-electron chi connectivity index (χ2n) is 7.55. The van der Waals surface area contributed by atoms with E-state index in [0.717, 1.165) is 18.5 Å². The summed E-state index contributed by atoms with van der Waals surface area (Å²) in [6.07, 6.45) is 8.25. The van der Waals surface area contributed by atoms with Gasteiger partial charge in [0.25, 0.3) is 5.91 Å². The largest absolute Gasteiger partial charge is 0.335 e. The average molecular weight is 345 g/mol. The van der Waals surface area contributed by atoms with Crippen molar-refractivity contribution < 1.29 is 9.59 Å². The van der Waals surface area contributed by atoms with Crippen molar-refractivity contribution in [2.24, 2.45) is 0 Å². The summed E-state index contributed by atoms with van der Waals surface area (Å²) in [5.41, 5.74) is 1.58. The maximum atomic E-state index is 12.6. The normalized spacial score (nSPS) is 22.1. The molecule has 0 bridgehead atoms. The minimum Gasteiger partial charge on any atom is -0.335 e. The zero-order valence-electron chi connectivity index (χ0n) is 14.7. The number of carbonyl (C=O) groups excluding carboxylic acids is 2. The third kappa shape index (κ3) is 3.80. The van der Waals surface area contributed by atoms with Crippen LogP contribution >= 0.6 is 0 Å². The van der Waals surface area contributed by atoms with Crippen LogP contribution < -0.4 is 5.32 Å². The Bertz CT molecular complexity index is 625. The van der Waals surface area contributed by atoms with Gasteiger partial charge >= 0.3 is 6.03 Å². The minimum atomic E-state index is -0.0320. The van der Waals surface area contributed by atoms with Gasteiger partial charge in [0.15, 0.2) is 0 Å². The number of nitrogens with one attached hydrogen (secondary N) is 2. The topological polar surface area (TPSA) is 81.3 Å². The van der Waals surface area contributed by atoms with Crippen LogP contribution in [0.5, 0.6) is 0 Å². The molecule has 0 unspecified atom stereocenters. The van der Waals surface area contributed by atoms with Crippen molar-refractivity contribution in [3.05, 3.63) is 17.5 Å². The summed E-state index contributed by atoms with van der Waals surface area (Å²) in [4.78, 5) is 28.6. The molecule has 3 aliphatic rings. The van der Waals surface area contributed by atoms with Crippen LogP contribution in [0, 0.1) is 0 Å². The van der Waals surface area contributed by atoms with Crippen molar-refractivity contribution >= 4 is 11.9 Å². The Balaban J connectivity index is 1.26. The maximum absolute atomic E-state index is 12.6. The van der Waals surface area contributed by atoms with Gasteiger partial charge in [0, 0.05) is 43.8 Å². The van der Waals surface area contributed by atoms with Gasteiger partial charge in [-0.1, -0.05) is 19.3 Å². The van der Waals surface area contributed by atoms with E-state index in [4.69, 9.17) is 0 Å². The number of H-pyrrole nitrogens is 1. The lowest BCUT2D eigenvalue weighted by Gasteiger charge is -2.35. The van der Waals surface area contributed by atoms with Crippen LogP contribution in [0.25, 0.3) is 0 Å². The van der Waals surface area contributed by atoms with Gasteiger partial charge in [0.1, 0.15) is 5.69 Å². The Morgan fingerprint density at radius 2 is 1.68 bits per heavy atom. The van der Waals surface area contributed by atoms with E-state index in [1.807, 2.05) is 11.0 Å². The molecule has 3 fully saturated rings. The van der Waals surface area contributed by atoms with Crippen LogP contribution in [-0.4, -0.2) is 64.2 Å². The first kappa shape index (κ1) is 16.4. The molecule has 2 heterocycles. The lowest BCUT2D eigenvalue weighted by Crippen LogP contribution is -2.54. The summed E-state index contributed by atoms with van der Waals surface area (Å²) < 4.78 is 0. The summed E-state index contributed by atoms with van der Waals surface area (Å²) in [7, 11) is 0. The van der Waals surface area contributed by atoms with Gasteiger partial charge in [-0.15, -0.1) is 0 Å². The van der Waals surface area contributed by atoms with Gasteiger partial charge in [0.05, 0.1) is 0 Å². The summed E-state index contributed by atoms with van der Waals surface area (Å²) in [5, 5.41) is 10.3. The molecular formula is C18H27N5O2. The van der Waals surface area contributed by atoms with E-state index < -0.39 is 0 Å². The van der Waals surface area contributed by atoms with E-state index in [9.17, 15) is 9.59 Å². The van der Waals surface area contributed by atoms with Gasteiger partial charge in [0.2, 0.25) is 0 Å². The highest BCUT2D eigenvalue weighted by atomic mass is 16.2. The van der Waals surface area contributed by atoms with Gasteiger partial charge in [-0.05, 0) is 31.7 Å². The smallest absolute Gasteiger partial charge is 0.317 e. The van der Waals surface area contributed by atoms with E-state index >= 15 is 0 Å². The van der Waals surface area contributed by atoms with Gasteiger partial charge in [-0.3, -0.25) is 9.89 Å². The summed E-state index contributed by atoms with van der Waals surface area (Å²) in [5.74, 6) is 0.532. The molecule has 7 nitrogen and oxygen atoms in total. The molecule has 136 valence electrons. The summed E-state index contributed by atoms with van der Waals surface area (Å²) in [6.45, 7) is 2.32. The van der Waals surface area contributed by atoms with Gasteiger partial charge < -0.3 is 15.1 Å². The van der Waals surface area contributed by atoms with Crippen LogP contribution in [0.2, 0.25) is 0 Å². The summed E-state index contributed by atoms with van der Waals surface area (Å²) >= 11 is 0. The molecule has 1 saturated heterocycles. The number of aromatic nitrogens is 2. The van der Waals surface area contributed by atoms with E-state index in [-0.39, 0.29) is 11.9 Å². The molecule has 25 heavy (non-hydrogen) atoms. The Hall–Kier alpha value is -2.05. The van der Waals surface area contributed by atoms with Crippen molar-refractivity contribution in [1.29, 1.82) is 0 Å². The van der Waals surface area contributed by atoms with Gasteiger partial charge in [-0.2, -0.15) is 5.10 Å². The molecule has 4 rings (SSSR count). The van der Waals surface area contributed by atoms with Crippen molar-refractivity contribution in [3.8, 4) is 0 Å². The first-order valence-electron chi connectivity index (χ1n) is 9.61. The highest BCUT2D eigenvalue weighted by molar-refractivity contribution is 5.92. The first-order valence-corrected chi connectivity index (χ1v) is 9.61. The minimum absolute atomic E-state index is 0.0230. The third-order valence-corrected chi connectivity index (χ3v) is 5.62. The highest BCUT2D eigenvalue weighted by Crippen LogP contribution is 2.39. The molecule has 2 N–H and O–H groups in total. The summed E-state index contributed by atoms with van der Waals surface area (Å²) in [6, 6.07) is 2.24. The Morgan fingerprint density at radius 1 is 1.00 bits per heavy atom. The Labute approximate surface area is 148 Å². The zero-order valence-corrected chi connectivity index (χ0v) is 14.7. The number of aromatic amines is 1. The second-order valence-corrected chi connectivity index (χ2v) is 7.55. The fourth-order valence-electron chi connectivity index (χ4n) is 3.84. The van der Waals surface area contributed by atoms with Crippen LogP contribution in [0.1, 0.15) is 67.0 Å². The second kappa shape index (κ2) is 7.06. The SMILES string of the molecule is O=C(NC1CCCCC1)N1CCN(C(=O)c2cc(C3CC3)[nH]n2)CC1. The lowest BCUT2D eigenvalue weighted by molar-refractivity contribution is 0.0656. The fourth-order valence-corrected chi connectivity index (χ4v) is 3.84. The first-order chi connectivity index (χ1) is 12.2. The van der Waals surface area contributed by atoms with Crippen molar-refractivity contribution in [1.82, 2.24) is 25.3 Å². The number of rotatable bonds is 3. The zero-order chi connectivity index (χ0) is 17.2. The number of carbonyl (C=O) groups is 2. The third-order valence-electron chi connectivity index (χ3n) is 5.62. The highest BCUT2D eigenvalue weighted by Gasteiger charge is 2.30. The monoisotopic (exact) mass is 345 g/mol. The van der Waals surface area contributed by atoms with Crippen LogP contribution in [0.4, 0.5) is 4.79 Å². The van der Waals surface area contributed by atoms with Crippen molar-refractivity contribution in [3.63, 3.8) is 0 Å². The van der Waals surface area contributed by atoms with Crippen LogP contribution in [-0.2, 0) is 0 Å². The molecule has 0 aromatic carbocycles. The number of hydrogen-bond acceptors (Lipinski definition) is 3. The fraction of sp³-hybridized carbons (Fsp3) is 0.722. The molecule has 2 saturated carbocycles. The van der Waals surface area contributed by atoms with Crippen molar-refractivity contribution in [2.45, 2.75) is 56.9 Å². The molecule has 1 aromatic rings. The molecule has 0 radical (unpaired) electrons. The molecule has 0 atom stereocenters. The lowest BCUT2D eigenvalue weighted by atomic mass is 9.96. The molecule has 7 heteroatoms. The Morgan fingerprint density at radius 3 is 2.36 bits per heavy atom. The molecule has 2 aliphatic carbocycles. The quantitative estimate of drug-likeness (QED) is 0.880. The molecule has 0 spiro atoms. The Kier molecular flexibility index (Phi) is 4.63. The molecular weight excluding hydrogens is 318 g/mol. The molecule has 1 aromatic heterocycles. The number of piperazine rings is 1. The molecule has 3 amide bonds. The van der Waals surface area contributed by atoms with Crippen molar-refractivity contribution in [2.75, 3.05) is 26.2 Å². The van der Waals surface area contributed by atoms with E-state index in [1.54, 1.807) is 4.90 Å². The number of nitrogens with zero attached hydrogens (tertiary/aromatic N) is 3. The van der Waals surface area contributed by atoms with E-state index in [2.05, 4.69) is 15.5 Å². The average Bonchev–Trinajstić information content (AvgIpc) is 3.39. The predicted octanol–water partition coefficient (Wildman–Crippen LogP) is 2.09. The molecule has 1 aliphatic heterocycles. The van der Waals surface area contributed by atoms with Gasteiger partial charge in [-0.25, -0.2) is 4.79 Å². The maximum Gasteiger partial charge on any atom is 0.317 e. The van der Waals surface area contributed by atoms with Crippen LogP contribution in [0.15, 0.2) is 6.07 Å². The number of amides is 3. The van der Waals surface area contributed by atoms with Crippen LogP contribution in [0.3, 0.4) is 0 Å². The predicted molar refractivity (Wildman–Crippen MR) is 93.4 cm³/mol. The standard InChI is InChI=1S/C18H27N5O2/c24-17(16-12-15(20-21-16)13-6-7-13)22-8-10-23(11-9-22)18(25)19-14-4-2-1-3-5-14/h12-14H,1-11H2,(H,19,25)(H,20,21). The van der Waals surface area contributed by atoms with E-state index in [0.29, 0.717) is 43.8 Å². The number of urea groups is 1.